The van der Waals surface area contributed by atoms with Crippen LogP contribution in [0.2, 0.25) is 5.02 Å². The number of H-pyrrole nitrogens is 1. The lowest BCUT2D eigenvalue weighted by molar-refractivity contribution is -0.135. The zero-order valence-corrected chi connectivity index (χ0v) is 20.0. The number of allylic oxidation sites excluding steroid dienone is 1. The van der Waals surface area contributed by atoms with Crippen LogP contribution in [0.3, 0.4) is 0 Å². The van der Waals surface area contributed by atoms with Crippen LogP contribution in [-0.2, 0) is 4.79 Å². The Bertz CT molecular complexity index is 1720. The molecule has 1 atom stereocenters. The van der Waals surface area contributed by atoms with Gasteiger partial charge in [-0.3, -0.25) is 14.4 Å². The number of halogens is 2. The summed E-state index contributed by atoms with van der Waals surface area (Å²) in [6, 6.07) is 14.1. The highest BCUT2D eigenvalue weighted by atomic mass is 35.5. The van der Waals surface area contributed by atoms with Crippen LogP contribution < -0.4 is 19.8 Å². The second-order valence-electron chi connectivity index (χ2n) is 8.67. The summed E-state index contributed by atoms with van der Waals surface area (Å²) >= 11 is 6.13. The molecule has 184 valence electrons. The van der Waals surface area contributed by atoms with E-state index in [4.69, 9.17) is 25.8 Å². The number of ether oxygens (including phenoxy) is 3. The Morgan fingerprint density at radius 3 is 2.70 bits per heavy atom. The highest BCUT2D eigenvalue weighted by Crippen LogP contribution is 2.48. The van der Waals surface area contributed by atoms with Gasteiger partial charge in [0.05, 0.1) is 29.6 Å². The Kier molecular flexibility index (Phi) is 5.35. The SMILES string of the molecule is COc1ccc2cc([C@H]3CC(=O)Oc4ccc5c(c43)O/C(=C/c3c(F)cccc3Cl)C5=O)c(=O)[nH]c2c1. The van der Waals surface area contributed by atoms with E-state index in [-0.39, 0.29) is 39.8 Å². The molecule has 1 N–H and O–H groups in total. The topological polar surface area (TPSA) is 94.7 Å². The number of carbonyl (C=O) groups is 2. The van der Waals surface area contributed by atoms with Crippen molar-refractivity contribution in [2.24, 2.45) is 0 Å². The molecular formula is C28H17ClFNO6. The van der Waals surface area contributed by atoms with Gasteiger partial charge in [-0.05, 0) is 53.9 Å². The minimum Gasteiger partial charge on any atom is -0.497 e. The number of fused-ring (bicyclic) bond motifs is 4. The number of ketones is 1. The van der Waals surface area contributed by atoms with Gasteiger partial charge in [0, 0.05) is 28.7 Å². The number of pyridine rings is 1. The van der Waals surface area contributed by atoms with E-state index >= 15 is 0 Å². The van der Waals surface area contributed by atoms with E-state index in [1.807, 2.05) is 0 Å². The number of hydrogen-bond acceptors (Lipinski definition) is 6. The number of aromatic nitrogens is 1. The lowest BCUT2D eigenvalue weighted by atomic mass is 9.85. The first kappa shape index (κ1) is 23.0. The van der Waals surface area contributed by atoms with Crippen molar-refractivity contribution in [3.63, 3.8) is 0 Å². The molecule has 0 saturated heterocycles. The molecule has 3 heterocycles. The van der Waals surface area contributed by atoms with E-state index in [2.05, 4.69) is 4.98 Å². The molecule has 1 aromatic heterocycles. The molecule has 0 fully saturated rings. The number of Topliss-reactive ketones (excluding diaryl/α,β-unsaturated/α-hetero) is 1. The molecule has 7 nitrogen and oxygen atoms in total. The van der Waals surface area contributed by atoms with E-state index in [1.54, 1.807) is 24.3 Å². The second kappa shape index (κ2) is 8.60. The first-order chi connectivity index (χ1) is 17.8. The van der Waals surface area contributed by atoms with Gasteiger partial charge in [-0.15, -0.1) is 0 Å². The highest BCUT2D eigenvalue weighted by Gasteiger charge is 2.39. The third-order valence-corrected chi connectivity index (χ3v) is 6.84. The van der Waals surface area contributed by atoms with E-state index in [9.17, 15) is 18.8 Å². The van der Waals surface area contributed by atoms with E-state index in [1.165, 1.54) is 43.5 Å². The fourth-order valence-electron chi connectivity index (χ4n) is 4.73. The zero-order chi connectivity index (χ0) is 25.8. The van der Waals surface area contributed by atoms with Gasteiger partial charge in [0.25, 0.3) is 5.56 Å². The van der Waals surface area contributed by atoms with Crippen LogP contribution in [-0.4, -0.2) is 23.8 Å². The van der Waals surface area contributed by atoms with Crippen molar-refractivity contribution in [3.05, 3.63) is 104 Å². The summed E-state index contributed by atoms with van der Waals surface area (Å²) < 4.78 is 31.0. The number of carbonyl (C=O) groups excluding carboxylic acids is 2. The third-order valence-electron chi connectivity index (χ3n) is 6.51. The molecule has 0 unspecified atom stereocenters. The van der Waals surface area contributed by atoms with Gasteiger partial charge in [-0.25, -0.2) is 4.39 Å². The van der Waals surface area contributed by atoms with Crippen LogP contribution in [0.5, 0.6) is 17.2 Å². The molecule has 0 bridgehead atoms. The molecule has 3 aromatic carbocycles. The molecule has 0 saturated carbocycles. The van der Waals surface area contributed by atoms with Crippen molar-refractivity contribution in [2.45, 2.75) is 12.3 Å². The van der Waals surface area contributed by atoms with Crippen LogP contribution in [0.1, 0.15) is 39.4 Å². The van der Waals surface area contributed by atoms with Crippen LogP contribution in [0, 0.1) is 5.82 Å². The zero-order valence-electron chi connectivity index (χ0n) is 19.3. The largest absolute Gasteiger partial charge is 0.497 e. The molecule has 9 heteroatoms. The smallest absolute Gasteiger partial charge is 0.312 e. The Morgan fingerprint density at radius 1 is 1.08 bits per heavy atom. The number of hydrogen-bond donors (Lipinski definition) is 1. The fourth-order valence-corrected chi connectivity index (χ4v) is 4.95. The lowest BCUT2D eigenvalue weighted by Crippen LogP contribution is -2.26. The molecule has 6 rings (SSSR count). The van der Waals surface area contributed by atoms with Crippen molar-refractivity contribution in [2.75, 3.05) is 7.11 Å². The quantitative estimate of drug-likeness (QED) is 0.222. The van der Waals surface area contributed by atoms with Crippen molar-refractivity contribution in [1.82, 2.24) is 4.98 Å². The molecule has 37 heavy (non-hydrogen) atoms. The first-order valence-electron chi connectivity index (χ1n) is 11.3. The lowest BCUT2D eigenvalue weighted by Gasteiger charge is -2.26. The number of aromatic amines is 1. The minimum absolute atomic E-state index is 0.0126. The molecule has 0 spiro atoms. The predicted octanol–water partition coefficient (Wildman–Crippen LogP) is 5.39. The number of esters is 1. The Labute approximate surface area is 214 Å². The fraction of sp³-hybridized carbons (Fsp3) is 0.107. The van der Waals surface area contributed by atoms with E-state index in [0.29, 0.717) is 22.4 Å². The van der Waals surface area contributed by atoms with Crippen molar-refractivity contribution in [3.8, 4) is 17.2 Å². The third kappa shape index (κ3) is 3.77. The summed E-state index contributed by atoms with van der Waals surface area (Å²) in [5.41, 5.74) is 1.10. The van der Waals surface area contributed by atoms with Crippen molar-refractivity contribution < 1.29 is 28.2 Å². The number of nitrogens with one attached hydrogen (secondary N) is 1. The average Bonchev–Trinajstić information content (AvgIpc) is 3.20. The van der Waals surface area contributed by atoms with E-state index < -0.39 is 29.0 Å². The Balaban J connectivity index is 1.50. The molecular weight excluding hydrogens is 501 g/mol. The number of rotatable bonds is 3. The summed E-state index contributed by atoms with van der Waals surface area (Å²) in [4.78, 5) is 41.7. The molecule has 0 radical (unpaired) electrons. The normalized spacial score (nSPS) is 17.4. The Hall–Kier alpha value is -4.43. The summed E-state index contributed by atoms with van der Waals surface area (Å²) in [5, 5.41) is 0.850. The number of benzene rings is 3. The van der Waals surface area contributed by atoms with Gasteiger partial charge in [0.1, 0.15) is 23.1 Å². The summed E-state index contributed by atoms with van der Waals surface area (Å²) in [6.07, 6.45) is 1.11. The molecule has 4 aromatic rings. The summed E-state index contributed by atoms with van der Waals surface area (Å²) in [7, 11) is 1.53. The summed E-state index contributed by atoms with van der Waals surface area (Å²) in [6.45, 7) is 0. The predicted molar refractivity (Wildman–Crippen MR) is 134 cm³/mol. The van der Waals surface area contributed by atoms with Gasteiger partial charge in [-0.1, -0.05) is 17.7 Å². The Morgan fingerprint density at radius 2 is 1.92 bits per heavy atom. The maximum Gasteiger partial charge on any atom is 0.312 e. The van der Waals surface area contributed by atoms with Gasteiger partial charge in [-0.2, -0.15) is 0 Å². The van der Waals surface area contributed by atoms with Crippen LogP contribution >= 0.6 is 11.6 Å². The minimum atomic E-state index is -0.745. The summed E-state index contributed by atoms with van der Waals surface area (Å²) in [5.74, 6) is -1.56. The van der Waals surface area contributed by atoms with Gasteiger partial charge < -0.3 is 19.2 Å². The van der Waals surface area contributed by atoms with Crippen molar-refractivity contribution >= 4 is 40.3 Å². The molecule has 0 aliphatic carbocycles. The van der Waals surface area contributed by atoms with Crippen LogP contribution in [0.4, 0.5) is 4.39 Å². The number of methoxy groups -OCH3 is 1. The molecule has 2 aliphatic rings. The monoisotopic (exact) mass is 517 g/mol. The average molecular weight is 518 g/mol. The van der Waals surface area contributed by atoms with Crippen molar-refractivity contribution in [1.29, 1.82) is 0 Å². The maximum absolute atomic E-state index is 14.4. The van der Waals surface area contributed by atoms with Gasteiger partial charge in [0.2, 0.25) is 5.78 Å². The van der Waals surface area contributed by atoms with Gasteiger partial charge in [0.15, 0.2) is 5.76 Å². The molecule has 2 aliphatic heterocycles. The van der Waals surface area contributed by atoms with E-state index in [0.717, 1.165) is 5.39 Å². The highest BCUT2D eigenvalue weighted by molar-refractivity contribution is 6.32. The standard InChI is InChI=1S/C28H17ClFNO6/c1-35-14-6-5-13-9-17(28(34)31-21(13)10-14)16-12-24(32)36-22-8-7-15-26(33)23(37-27(15)25(16)22)11-18-19(29)3-2-4-20(18)30/h2-11,16H,12H2,1H3,(H,31,34)/b23-11+/t16-/m1/s1. The first-order valence-corrected chi connectivity index (χ1v) is 11.7. The van der Waals surface area contributed by atoms with Crippen LogP contribution in [0.15, 0.2) is 65.2 Å². The molecule has 0 amide bonds. The van der Waals surface area contributed by atoms with Crippen LogP contribution in [0.25, 0.3) is 17.0 Å². The second-order valence-corrected chi connectivity index (χ2v) is 9.07. The maximum atomic E-state index is 14.4. The van der Waals surface area contributed by atoms with Gasteiger partial charge >= 0.3 is 5.97 Å².